The minimum Gasteiger partial charge on any atom is -0.333 e. The van der Waals surface area contributed by atoms with Crippen molar-refractivity contribution < 1.29 is 14.4 Å². The number of urea groups is 1. The molecule has 2 saturated heterocycles. The van der Waals surface area contributed by atoms with E-state index in [-0.39, 0.29) is 30.9 Å². The number of hydrogen-bond acceptors (Lipinski definition) is 5. The van der Waals surface area contributed by atoms with Gasteiger partial charge in [0.1, 0.15) is 20.1 Å². The Labute approximate surface area is 212 Å². The molecule has 0 bridgehead atoms. The van der Waals surface area contributed by atoms with Gasteiger partial charge in [-0.15, -0.1) is 0 Å². The number of carbonyl (C=O) groups excluding carboxylic acids is 3. The molecule has 2 aliphatic heterocycles. The van der Waals surface area contributed by atoms with Crippen molar-refractivity contribution in [3.05, 3.63) is 65.7 Å². The van der Waals surface area contributed by atoms with Gasteiger partial charge < -0.3 is 15.1 Å². The van der Waals surface area contributed by atoms with Crippen LogP contribution in [0.15, 0.2) is 54.6 Å². The number of fused-ring (bicyclic) bond motifs is 1. The molecule has 2 radical (unpaired) electrons. The Bertz CT molecular complexity index is 1070. The van der Waals surface area contributed by atoms with Gasteiger partial charge in [-0.2, -0.15) is 11.8 Å². The molecule has 35 heavy (non-hydrogen) atoms. The van der Waals surface area contributed by atoms with Crippen LogP contribution < -0.4 is 10.8 Å². The van der Waals surface area contributed by atoms with Crippen molar-refractivity contribution in [3.8, 4) is 0 Å². The summed E-state index contributed by atoms with van der Waals surface area (Å²) in [6.07, 6.45) is 1.91. The van der Waals surface area contributed by atoms with E-state index in [0.29, 0.717) is 25.0 Å². The predicted octanol–water partition coefficient (Wildman–Crippen LogP) is 1.17. The summed E-state index contributed by atoms with van der Waals surface area (Å²) in [4.78, 5) is 43.4. The lowest BCUT2D eigenvalue weighted by atomic mass is 9.94. The van der Waals surface area contributed by atoms with Gasteiger partial charge in [0.15, 0.2) is 0 Å². The van der Waals surface area contributed by atoms with E-state index >= 15 is 0 Å². The number of thioether (sulfide) groups is 1. The third-order valence-corrected chi connectivity index (χ3v) is 7.00. The highest BCUT2D eigenvalue weighted by molar-refractivity contribution is 7.98. The third-order valence-electron chi connectivity index (χ3n) is 6.35. The average molecular weight is 491 g/mol. The zero-order chi connectivity index (χ0) is 24.9. The maximum atomic E-state index is 13.5. The molecule has 4 rings (SSSR count). The Morgan fingerprint density at radius 1 is 1.11 bits per heavy atom. The third kappa shape index (κ3) is 5.65. The standard InChI is InChI=1S/C25H30BN5O3S/c1-28-17-23(32)30-21(11-12-35-2)24(33)29(15-19-9-6-10-20(26)13-19)16-22(30)31(28)25(34)27-14-18-7-4-3-5-8-18/h3-10,13,21-22H,11-12,14-17H2,1-2H3,(H,27,34)/t21-,22-/m0/s1. The summed E-state index contributed by atoms with van der Waals surface area (Å²) in [5.41, 5.74) is 2.52. The largest absolute Gasteiger partial charge is 0.334 e. The first kappa shape index (κ1) is 25.1. The first-order chi connectivity index (χ1) is 16.9. The van der Waals surface area contributed by atoms with Crippen molar-refractivity contribution in [2.45, 2.75) is 31.7 Å². The lowest BCUT2D eigenvalue weighted by Crippen LogP contribution is -2.75. The molecule has 10 heteroatoms. The Balaban J connectivity index is 1.60. The highest BCUT2D eigenvalue weighted by Gasteiger charge is 2.50. The van der Waals surface area contributed by atoms with E-state index in [1.807, 2.05) is 54.8 Å². The number of amides is 4. The molecule has 2 aromatic rings. The van der Waals surface area contributed by atoms with Gasteiger partial charge in [-0.3, -0.25) is 9.59 Å². The van der Waals surface area contributed by atoms with Crippen LogP contribution in [0.5, 0.6) is 0 Å². The van der Waals surface area contributed by atoms with Gasteiger partial charge >= 0.3 is 6.03 Å². The fraction of sp³-hybridized carbons (Fsp3) is 0.400. The molecule has 2 fully saturated rings. The van der Waals surface area contributed by atoms with Gasteiger partial charge in [0, 0.05) is 20.1 Å². The van der Waals surface area contributed by atoms with Crippen molar-refractivity contribution in [3.63, 3.8) is 0 Å². The van der Waals surface area contributed by atoms with E-state index in [4.69, 9.17) is 7.85 Å². The maximum Gasteiger partial charge on any atom is 0.334 e. The first-order valence-corrected chi connectivity index (χ1v) is 13.0. The fourth-order valence-electron chi connectivity index (χ4n) is 4.72. The van der Waals surface area contributed by atoms with Crippen LogP contribution in [0.25, 0.3) is 0 Å². The summed E-state index contributed by atoms with van der Waals surface area (Å²) in [6, 6.07) is 16.2. The molecule has 0 spiro atoms. The van der Waals surface area contributed by atoms with Crippen LogP contribution in [0, 0.1) is 0 Å². The van der Waals surface area contributed by atoms with E-state index in [2.05, 4.69) is 5.32 Å². The second kappa shape index (κ2) is 11.2. The van der Waals surface area contributed by atoms with Crippen molar-refractivity contribution >= 4 is 42.9 Å². The van der Waals surface area contributed by atoms with Crippen molar-refractivity contribution in [1.29, 1.82) is 0 Å². The second-order valence-electron chi connectivity index (χ2n) is 8.85. The van der Waals surface area contributed by atoms with Gasteiger partial charge in [-0.25, -0.2) is 14.8 Å². The van der Waals surface area contributed by atoms with Crippen LogP contribution in [0.1, 0.15) is 17.5 Å². The Morgan fingerprint density at radius 3 is 2.57 bits per heavy atom. The molecule has 0 saturated carbocycles. The molecular weight excluding hydrogens is 461 g/mol. The number of likely N-dealkylation sites (N-methyl/N-ethyl adjacent to an activating group) is 1. The van der Waals surface area contributed by atoms with Gasteiger partial charge in [-0.1, -0.05) is 60.1 Å². The quantitative estimate of drug-likeness (QED) is 0.589. The SMILES string of the molecule is [B]c1cccc(CN2C[C@H]3N(C(=O)CN(C)N3C(=O)NCc3ccccc3)[C@@H](CCSC)C2=O)c1. The summed E-state index contributed by atoms with van der Waals surface area (Å²) in [5.74, 6) is 0.489. The van der Waals surface area contributed by atoms with Gasteiger partial charge in [0.05, 0.1) is 13.1 Å². The minimum absolute atomic E-state index is 0.0352. The van der Waals surface area contributed by atoms with Crippen LogP contribution in [-0.4, -0.2) is 89.9 Å². The zero-order valence-corrected chi connectivity index (χ0v) is 20.9. The van der Waals surface area contributed by atoms with Crippen molar-refractivity contribution in [2.24, 2.45) is 0 Å². The number of carbonyl (C=O) groups is 3. The molecule has 4 amide bonds. The van der Waals surface area contributed by atoms with Crippen LogP contribution >= 0.6 is 11.8 Å². The van der Waals surface area contributed by atoms with Crippen LogP contribution in [-0.2, 0) is 22.7 Å². The van der Waals surface area contributed by atoms with Crippen LogP contribution in [0.2, 0.25) is 0 Å². The van der Waals surface area contributed by atoms with Crippen molar-refractivity contribution in [2.75, 3.05) is 32.1 Å². The number of piperazine rings is 1. The fourth-order valence-corrected chi connectivity index (χ4v) is 5.18. The number of nitrogens with zero attached hydrogens (tertiary/aromatic N) is 4. The molecule has 2 aromatic carbocycles. The van der Waals surface area contributed by atoms with E-state index in [1.165, 1.54) is 0 Å². The Kier molecular flexibility index (Phi) is 8.02. The Morgan fingerprint density at radius 2 is 1.86 bits per heavy atom. The molecule has 2 heterocycles. The number of nitrogens with one attached hydrogen (secondary N) is 1. The lowest BCUT2D eigenvalue weighted by molar-refractivity contribution is -0.187. The minimum atomic E-state index is -0.618. The zero-order valence-electron chi connectivity index (χ0n) is 20.1. The summed E-state index contributed by atoms with van der Waals surface area (Å²) in [7, 11) is 7.68. The number of hydrogen-bond donors (Lipinski definition) is 1. The number of rotatable bonds is 7. The monoisotopic (exact) mass is 491 g/mol. The topological polar surface area (TPSA) is 76.2 Å². The number of hydrazine groups is 1. The first-order valence-electron chi connectivity index (χ1n) is 11.6. The molecule has 0 unspecified atom stereocenters. The summed E-state index contributed by atoms with van der Waals surface area (Å²) < 4.78 is 0. The predicted molar refractivity (Wildman–Crippen MR) is 138 cm³/mol. The molecule has 0 aliphatic carbocycles. The van der Waals surface area contributed by atoms with Gasteiger partial charge in [-0.05, 0) is 29.6 Å². The highest BCUT2D eigenvalue weighted by atomic mass is 32.2. The van der Waals surface area contributed by atoms with Crippen LogP contribution in [0.4, 0.5) is 4.79 Å². The number of benzene rings is 2. The van der Waals surface area contributed by atoms with Gasteiger partial charge in [0.25, 0.3) is 0 Å². The molecule has 2 atom stereocenters. The normalized spacial score (nSPS) is 20.7. The molecule has 2 aliphatic rings. The summed E-state index contributed by atoms with van der Waals surface area (Å²) >= 11 is 1.63. The second-order valence-corrected chi connectivity index (χ2v) is 9.83. The van der Waals surface area contributed by atoms with Crippen LogP contribution in [0.3, 0.4) is 0 Å². The molecule has 182 valence electrons. The molecular formula is C25H30BN5O3S. The van der Waals surface area contributed by atoms with Gasteiger partial charge in [0.2, 0.25) is 11.8 Å². The van der Waals surface area contributed by atoms with E-state index < -0.39 is 12.2 Å². The molecule has 8 nitrogen and oxygen atoms in total. The maximum absolute atomic E-state index is 13.5. The van der Waals surface area contributed by atoms with E-state index in [1.54, 1.807) is 44.7 Å². The lowest BCUT2D eigenvalue weighted by Gasteiger charge is -2.54. The van der Waals surface area contributed by atoms with E-state index in [0.717, 1.165) is 16.9 Å². The summed E-state index contributed by atoms with van der Waals surface area (Å²) in [5, 5.41) is 6.19. The Hall–Kier alpha value is -2.98. The molecule has 1 N–H and O–H groups in total. The van der Waals surface area contributed by atoms with Crippen molar-refractivity contribution in [1.82, 2.24) is 25.1 Å². The average Bonchev–Trinajstić information content (AvgIpc) is 2.83. The summed E-state index contributed by atoms with van der Waals surface area (Å²) in [6.45, 7) is 0.986. The van der Waals surface area contributed by atoms with E-state index in [9.17, 15) is 14.4 Å². The smallest absolute Gasteiger partial charge is 0.333 e. The highest BCUT2D eigenvalue weighted by Crippen LogP contribution is 2.28. The molecule has 0 aromatic heterocycles.